The van der Waals surface area contributed by atoms with Gasteiger partial charge in [0.15, 0.2) is 0 Å². The molecule has 0 bridgehead atoms. The molecule has 1 saturated carbocycles. The highest BCUT2D eigenvalue weighted by molar-refractivity contribution is 7.99. The van der Waals surface area contributed by atoms with E-state index >= 15 is 0 Å². The van der Waals surface area contributed by atoms with Crippen molar-refractivity contribution in [1.29, 1.82) is 0 Å². The van der Waals surface area contributed by atoms with Crippen LogP contribution in [0.25, 0.3) is 0 Å². The third-order valence-corrected chi connectivity index (χ3v) is 6.30. The first-order valence-corrected chi connectivity index (χ1v) is 9.92. The lowest BCUT2D eigenvalue weighted by Gasteiger charge is -2.15. The lowest BCUT2D eigenvalue weighted by Crippen LogP contribution is -2.33. The number of rotatable bonds is 7. The van der Waals surface area contributed by atoms with Gasteiger partial charge in [-0.05, 0) is 44.1 Å². The average Bonchev–Trinajstić information content (AvgIpc) is 2.86. The SMILES string of the molecule is CCNc1ncccc1S(=O)(=O)NC1CCC(SCC)C1. The predicted octanol–water partition coefficient (Wildman–Crippen LogP) is 2.47. The van der Waals surface area contributed by atoms with Gasteiger partial charge in [-0.2, -0.15) is 11.8 Å². The van der Waals surface area contributed by atoms with E-state index in [0.717, 1.165) is 25.0 Å². The van der Waals surface area contributed by atoms with Crippen LogP contribution in [0.15, 0.2) is 23.2 Å². The van der Waals surface area contributed by atoms with Crippen LogP contribution in [-0.2, 0) is 10.0 Å². The minimum absolute atomic E-state index is 0.0359. The van der Waals surface area contributed by atoms with Crippen molar-refractivity contribution >= 4 is 27.6 Å². The van der Waals surface area contributed by atoms with E-state index < -0.39 is 10.0 Å². The Kier molecular flexibility index (Phi) is 5.89. The Morgan fingerprint density at radius 2 is 2.19 bits per heavy atom. The summed E-state index contributed by atoms with van der Waals surface area (Å²) >= 11 is 1.92. The number of nitrogens with one attached hydrogen (secondary N) is 2. The van der Waals surface area contributed by atoms with E-state index in [1.807, 2.05) is 18.7 Å². The monoisotopic (exact) mass is 329 g/mol. The highest BCUT2D eigenvalue weighted by atomic mass is 32.2. The van der Waals surface area contributed by atoms with Crippen molar-refractivity contribution < 1.29 is 8.42 Å². The van der Waals surface area contributed by atoms with Crippen LogP contribution in [0.4, 0.5) is 5.82 Å². The molecule has 1 fully saturated rings. The lowest BCUT2D eigenvalue weighted by atomic mass is 10.3. The molecule has 2 atom stereocenters. The highest BCUT2D eigenvalue weighted by Crippen LogP contribution is 2.31. The second kappa shape index (κ2) is 7.47. The lowest BCUT2D eigenvalue weighted by molar-refractivity contribution is 0.552. The number of hydrogen-bond donors (Lipinski definition) is 2. The summed E-state index contributed by atoms with van der Waals surface area (Å²) in [5.41, 5.74) is 0. The number of sulfonamides is 1. The Balaban J connectivity index is 2.09. The number of anilines is 1. The fourth-order valence-corrected chi connectivity index (χ4v) is 5.18. The highest BCUT2D eigenvalue weighted by Gasteiger charge is 2.29. The zero-order chi connectivity index (χ0) is 15.3. The van der Waals surface area contributed by atoms with Crippen molar-refractivity contribution in [2.45, 2.75) is 49.3 Å². The maximum atomic E-state index is 12.6. The molecule has 0 radical (unpaired) electrons. The van der Waals surface area contributed by atoms with Gasteiger partial charge in [-0.15, -0.1) is 0 Å². The van der Waals surface area contributed by atoms with E-state index in [4.69, 9.17) is 0 Å². The molecule has 2 unspecified atom stereocenters. The molecule has 118 valence electrons. The van der Waals surface area contributed by atoms with Crippen molar-refractivity contribution in [2.24, 2.45) is 0 Å². The average molecular weight is 329 g/mol. The molecule has 0 aliphatic heterocycles. The van der Waals surface area contributed by atoms with Crippen molar-refractivity contribution in [3.8, 4) is 0 Å². The molecule has 0 aromatic carbocycles. The molecular weight excluding hydrogens is 306 g/mol. The minimum atomic E-state index is -3.52. The predicted molar refractivity (Wildman–Crippen MR) is 88.3 cm³/mol. The number of pyridine rings is 1. The van der Waals surface area contributed by atoms with Crippen LogP contribution < -0.4 is 10.0 Å². The number of thioether (sulfide) groups is 1. The van der Waals surface area contributed by atoms with Gasteiger partial charge >= 0.3 is 0 Å². The standard InChI is InChI=1S/C14H23N3O2S2/c1-3-15-14-13(6-5-9-16-14)21(18,19)17-11-7-8-12(10-11)20-4-2/h5-6,9,11-12,17H,3-4,7-8,10H2,1-2H3,(H,15,16). The molecule has 0 saturated heterocycles. The molecule has 2 N–H and O–H groups in total. The Morgan fingerprint density at radius 1 is 1.38 bits per heavy atom. The van der Waals surface area contributed by atoms with Crippen molar-refractivity contribution in [3.63, 3.8) is 0 Å². The second-order valence-corrected chi connectivity index (χ2v) is 8.35. The molecule has 0 spiro atoms. The topological polar surface area (TPSA) is 71.1 Å². The van der Waals surface area contributed by atoms with Crippen LogP contribution in [0.1, 0.15) is 33.1 Å². The number of aromatic nitrogens is 1. The first kappa shape index (κ1) is 16.6. The van der Waals surface area contributed by atoms with Gasteiger partial charge in [0, 0.05) is 24.0 Å². The van der Waals surface area contributed by atoms with Gasteiger partial charge < -0.3 is 5.32 Å². The Labute approximate surface area is 131 Å². The summed E-state index contributed by atoms with van der Waals surface area (Å²) in [6.07, 6.45) is 4.50. The first-order chi connectivity index (χ1) is 10.1. The smallest absolute Gasteiger partial charge is 0.244 e. The van der Waals surface area contributed by atoms with Crippen LogP contribution >= 0.6 is 11.8 Å². The Bertz CT molecular complexity index is 563. The van der Waals surface area contributed by atoms with Gasteiger partial charge in [-0.25, -0.2) is 18.1 Å². The van der Waals surface area contributed by atoms with E-state index in [1.165, 1.54) is 0 Å². The molecule has 1 aromatic heterocycles. The van der Waals surface area contributed by atoms with E-state index in [0.29, 0.717) is 17.6 Å². The van der Waals surface area contributed by atoms with Gasteiger partial charge in [0.2, 0.25) is 10.0 Å². The van der Waals surface area contributed by atoms with Crippen molar-refractivity contribution in [3.05, 3.63) is 18.3 Å². The fraction of sp³-hybridized carbons (Fsp3) is 0.643. The summed E-state index contributed by atoms with van der Waals surface area (Å²) in [5.74, 6) is 1.50. The normalized spacial score (nSPS) is 22.4. The molecule has 1 heterocycles. The van der Waals surface area contributed by atoms with Gasteiger partial charge in [-0.3, -0.25) is 0 Å². The molecule has 0 amide bonds. The van der Waals surface area contributed by atoms with Gasteiger partial charge in [0.1, 0.15) is 10.7 Å². The summed E-state index contributed by atoms with van der Waals surface area (Å²) in [5, 5.41) is 3.58. The minimum Gasteiger partial charge on any atom is -0.369 e. The molecule has 1 aliphatic carbocycles. The summed E-state index contributed by atoms with van der Waals surface area (Å²) in [4.78, 5) is 4.35. The van der Waals surface area contributed by atoms with Crippen LogP contribution in [-0.4, -0.2) is 37.0 Å². The quantitative estimate of drug-likeness (QED) is 0.804. The zero-order valence-electron chi connectivity index (χ0n) is 12.5. The van der Waals surface area contributed by atoms with E-state index in [1.54, 1.807) is 18.3 Å². The maximum Gasteiger partial charge on any atom is 0.244 e. The van der Waals surface area contributed by atoms with Crippen LogP contribution in [0, 0.1) is 0 Å². The molecule has 7 heteroatoms. The molecule has 1 aromatic rings. The summed E-state index contributed by atoms with van der Waals surface area (Å²) < 4.78 is 27.9. The van der Waals surface area contributed by atoms with Crippen molar-refractivity contribution in [2.75, 3.05) is 17.6 Å². The number of hydrogen-bond acceptors (Lipinski definition) is 5. The molecular formula is C14H23N3O2S2. The fourth-order valence-electron chi connectivity index (χ4n) is 2.62. The van der Waals surface area contributed by atoms with Crippen LogP contribution in [0.2, 0.25) is 0 Å². The first-order valence-electron chi connectivity index (χ1n) is 7.39. The Morgan fingerprint density at radius 3 is 2.90 bits per heavy atom. The van der Waals surface area contributed by atoms with Crippen LogP contribution in [0.5, 0.6) is 0 Å². The van der Waals surface area contributed by atoms with Gasteiger partial charge in [0.25, 0.3) is 0 Å². The third kappa shape index (κ3) is 4.34. The second-order valence-electron chi connectivity index (χ2n) is 5.09. The zero-order valence-corrected chi connectivity index (χ0v) is 14.1. The summed E-state index contributed by atoms with van der Waals surface area (Å²) in [6, 6.07) is 3.29. The van der Waals surface area contributed by atoms with E-state index in [2.05, 4.69) is 21.9 Å². The number of nitrogens with zero attached hydrogens (tertiary/aromatic N) is 1. The van der Waals surface area contributed by atoms with Gasteiger partial charge in [-0.1, -0.05) is 6.92 Å². The third-order valence-electron chi connectivity index (χ3n) is 3.51. The largest absolute Gasteiger partial charge is 0.369 e. The van der Waals surface area contributed by atoms with E-state index in [-0.39, 0.29) is 10.9 Å². The molecule has 1 aliphatic rings. The van der Waals surface area contributed by atoms with Crippen LogP contribution in [0.3, 0.4) is 0 Å². The van der Waals surface area contributed by atoms with E-state index in [9.17, 15) is 8.42 Å². The summed E-state index contributed by atoms with van der Waals surface area (Å²) in [7, 11) is -3.52. The van der Waals surface area contributed by atoms with Crippen molar-refractivity contribution in [1.82, 2.24) is 9.71 Å². The van der Waals surface area contributed by atoms with Gasteiger partial charge in [0.05, 0.1) is 0 Å². The Hall–Kier alpha value is -0.790. The molecule has 21 heavy (non-hydrogen) atoms. The molecule has 5 nitrogen and oxygen atoms in total. The maximum absolute atomic E-state index is 12.6. The summed E-state index contributed by atoms with van der Waals surface area (Å²) in [6.45, 7) is 4.70. The molecule has 2 rings (SSSR count).